The highest BCUT2D eigenvalue weighted by Crippen LogP contribution is 2.41. The molecule has 1 aliphatic heterocycles. The van der Waals surface area contributed by atoms with Gasteiger partial charge in [0.25, 0.3) is 11.7 Å². The molecule has 1 saturated heterocycles. The zero-order valence-corrected chi connectivity index (χ0v) is 19.0. The number of aromatic amines is 1. The first kappa shape index (κ1) is 21.6. The van der Waals surface area contributed by atoms with Gasteiger partial charge in [0.2, 0.25) is 0 Å². The Bertz CT molecular complexity index is 1400. The standard InChI is InChI=1S/C28H25N3O3/c1-17(2)19-9-11-20(12-10-19)25-24(26(32)22-15-30-23-8-4-3-7-21(22)23)27(33)28(34)31(25)16-18-6-5-13-29-14-18/h3-15,17,25,30,32H,16H2,1-2H3/b26-24-. The molecule has 2 aromatic carbocycles. The number of aliphatic hydroxyl groups is 1. The number of pyridine rings is 1. The Labute approximate surface area is 197 Å². The molecule has 1 unspecified atom stereocenters. The number of aliphatic hydroxyl groups excluding tert-OH is 1. The van der Waals surface area contributed by atoms with Gasteiger partial charge in [0.05, 0.1) is 11.6 Å². The summed E-state index contributed by atoms with van der Waals surface area (Å²) in [6, 6.07) is 18.4. The van der Waals surface area contributed by atoms with Gasteiger partial charge in [-0.3, -0.25) is 14.6 Å². The summed E-state index contributed by atoms with van der Waals surface area (Å²) >= 11 is 0. The normalized spacial score (nSPS) is 17.7. The van der Waals surface area contributed by atoms with Crippen LogP contribution in [0.5, 0.6) is 0 Å². The number of hydrogen-bond acceptors (Lipinski definition) is 4. The number of nitrogens with zero attached hydrogens (tertiary/aromatic N) is 2. The van der Waals surface area contributed by atoms with Crippen LogP contribution in [0.25, 0.3) is 16.7 Å². The number of nitrogens with one attached hydrogen (secondary N) is 1. The van der Waals surface area contributed by atoms with Crippen LogP contribution < -0.4 is 0 Å². The Morgan fingerprint density at radius 3 is 2.53 bits per heavy atom. The van der Waals surface area contributed by atoms with Crippen molar-refractivity contribution >= 4 is 28.4 Å². The zero-order chi connectivity index (χ0) is 23.8. The molecule has 0 saturated carbocycles. The predicted octanol–water partition coefficient (Wildman–Crippen LogP) is 5.31. The number of rotatable bonds is 5. The Morgan fingerprint density at radius 1 is 1.06 bits per heavy atom. The monoisotopic (exact) mass is 451 g/mol. The molecule has 6 heteroatoms. The minimum Gasteiger partial charge on any atom is -0.507 e. The number of hydrogen-bond donors (Lipinski definition) is 2. The van der Waals surface area contributed by atoms with Crippen molar-refractivity contribution in [2.24, 2.45) is 0 Å². The van der Waals surface area contributed by atoms with E-state index in [1.54, 1.807) is 24.7 Å². The molecule has 170 valence electrons. The third-order valence-electron chi connectivity index (χ3n) is 6.38. The van der Waals surface area contributed by atoms with E-state index in [1.807, 2.05) is 54.6 Å². The number of H-pyrrole nitrogens is 1. The molecule has 0 radical (unpaired) electrons. The van der Waals surface area contributed by atoms with Crippen LogP contribution in [0.3, 0.4) is 0 Å². The SMILES string of the molecule is CC(C)c1ccc(C2/C(=C(/O)c3c[nH]c4ccccc34)C(=O)C(=O)N2Cc2cccnc2)cc1. The van der Waals surface area contributed by atoms with Crippen molar-refractivity contribution in [3.8, 4) is 0 Å². The smallest absolute Gasteiger partial charge is 0.295 e. The second-order valence-corrected chi connectivity index (χ2v) is 8.86. The van der Waals surface area contributed by atoms with E-state index >= 15 is 0 Å². The van der Waals surface area contributed by atoms with Gasteiger partial charge in [0.15, 0.2) is 0 Å². The molecular formula is C28H25N3O3. The molecule has 1 atom stereocenters. The van der Waals surface area contributed by atoms with E-state index in [0.717, 1.165) is 27.6 Å². The maximum absolute atomic E-state index is 13.3. The molecule has 3 heterocycles. The first-order valence-electron chi connectivity index (χ1n) is 11.3. The number of para-hydroxylation sites is 1. The summed E-state index contributed by atoms with van der Waals surface area (Å²) in [5.74, 6) is -1.16. The van der Waals surface area contributed by atoms with E-state index in [9.17, 15) is 14.7 Å². The number of Topliss-reactive ketones (excluding diaryl/α,β-unsaturated/α-hetero) is 1. The lowest BCUT2D eigenvalue weighted by Gasteiger charge is -2.25. The van der Waals surface area contributed by atoms with E-state index in [1.165, 1.54) is 4.90 Å². The molecule has 34 heavy (non-hydrogen) atoms. The second-order valence-electron chi connectivity index (χ2n) is 8.86. The molecule has 2 N–H and O–H groups in total. The minimum absolute atomic E-state index is 0.0935. The summed E-state index contributed by atoms with van der Waals surface area (Å²) in [4.78, 5) is 35.3. The lowest BCUT2D eigenvalue weighted by atomic mass is 9.93. The van der Waals surface area contributed by atoms with Crippen LogP contribution in [0.15, 0.2) is 84.8 Å². The number of amides is 1. The minimum atomic E-state index is -0.713. The summed E-state index contributed by atoms with van der Waals surface area (Å²) < 4.78 is 0. The van der Waals surface area contributed by atoms with Crippen LogP contribution in [-0.4, -0.2) is 31.7 Å². The third-order valence-corrected chi connectivity index (χ3v) is 6.38. The molecule has 2 aromatic heterocycles. The molecule has 1 amide bonds. The predicted molar refractivity (Wildman–Crippen MR) is 131 cm³/mol. The number of benzene rings is 2. The quantitative estimate of drug-likeness (QED) is 0.245. The molecule has 1 aliphatic rings. The van der Waals surface area contributed by atoms with Crippen LogP contribution in [0.4, 0.5) is 0 Å². The molecule has 5 rings (SSSR count). The molecule has 1 fully saturated rings. The van der Waals surface area contributed by atoms with Gasteiger partial charge in [-0.2, -0.15) is 0 Å². The highest BCUT2D eigenvalue weighted by atomic mass is 16.3. The van der Waals surface area contributed by atoms with Crippen LogP contribution in [-0.2, 0) is 16.1 Å². The number of ketones is 1. The average molecular weight is 452 g/mol. The summed E-state index contributed by atoms with van der Waals surface area (Å²) in [6.07, 6.45) is 5.02. The van der Waals surface area contributed by atoms with Gasteiger partial charge in [0.1, 0.15) is 5.76 Å². The van der Waals surface area contributed by atoms with Gasteiger partial charge in [0, 0.05) is 41.6 Å². The Morgan fingerprint density at radius 2 is 1.82 bits per heavy atom. The fourth-order valence-electron chi connectivity index (χ4n) is 4.55. The Kier molecular flexibility index (Phi) is 5.49. The first-order valence-corrected chi connectivity index (χ1v) is 11.3. The van der Waals surface area contributed by atoms with E-state index < -0.39 is 17.7 Å². The van der Waals surface area contributed by atoms with Crippen molar-refractivity contribution in [2.75, 3.05) is 0 Å². The van der Waals surface area contributed by atoms with Crippen molar-refractivity contribution in [2.45, 2.75) is 32.4 Å². The van der Waals surface area contributed by atoms with Crippen molar-refractivity contribution in [3.63, 3.8) is 0 Å². The number of carbonyl (C=O) groups is 2. The number of fused-ring (bicyclic) bond motifs is 1. The van der Waals surface area contributed by atoms with Gasteiger partial charge < -0.3 is 15.0 Å². The van der Waals surface area contributed by atoms with Gasteiger partial charge >= 0.3 is 0 Å². The fraction of sp³-hybridized carbons (Fsp3) is 0.179. The zero-order valence-electron chi connectivity index (χ0n) is 19.0. The van der Waals surface area contributed by atoms with E-state index in [-0.39, 0.29) is 17.9 Å². The van der Waals surface area contributed by atoms with Crippen molar-refractivity contribution in [3.05, 3.63) is 107 Å². The molecule has 0 spiro atoms. The van der Waals surface area contributed by atoms with Crippen LogP contribution in [0, 0.1) is 0 Å². The lowest BCUT2D eigenvalue weighted by Crippen LogP contribution is -2.29. The third kappa shape index (κ3) is 3.67. The average Bonchev–Trinajstić information content (AvgIpc) is 3.39. The maximum Gasteiger partial charge on any atom is 0.295 e. The maximum atomic E-state index is 13.3. The molecule has 4 aromatic rings. The van der Waals surface area contributed by atoms with Crippen molar-refractivity contribution in [1.82, 2.24) is 14.9 Å². The van der Waals surface area contributed by atoms with Crippen LogP contribution >= 0.6 is 0 Å². The highest BCUT2D eigenvalue weighted by Gasteiger charge is 2.46. The van der Waals surface area contributed by atoms with Gasteiger partial charge in [-0.05, 0) is 34.7 Å². The summed E-state index contributed by atoms with van der Waals surface area (Å²) in [5.41, 5.74) is 4.17. The first-order chi connectivity index (χ1) is 16.5. The van der Waals surface area contributed by atoms with Crippen molar-refractivity contribution in [1.29, 1.82) is 0 Å². The molecule has 0 bridgehead atoms. The number of aromatic nitrogens is 2. The van der Waals surface area contributed by atoms with Gasteiger partial charge in [-0.25, -0.2) is 0 Å². The Balaban J connectivity index is 1.67. The Hall–Kier alpha value is -4.19. The van der Waals surface area contributed by atoms with E-state index in [2.05, 4.69) is 23.8 Å². The van der Waals surface area contributed by atoms with Crippen LogP contribution in [0.1, 0.15) is 48.1 Å². The van der Waals surface area contributed by atoms with E-state index in [0.29, 0.717) is 11.5 Å². The summed E-state index contributed by atoms with van der Waals surface area (Å²) in [6.45, 7) is 4.43. The number of likely N-dealkylation sites (tertiary alicyclic amines) is 1. The van der Waals surface area contributed by atoms with E-state index in [4.69, 9.17) is 0 Å². The lowest BCUT2D eigenvalue weighted by molar-refractivity contribution is -0.140. The van der Waals surface area contributed by atoms with Gasteiger partial charge in [-0.1, -0.05) is 62.4 Å². The molecular weight excluding hydrogens is 426 g/mol. The summed E-state index contributed by atoms with van der Waals surface area (Å²) in [7, 11) is 0. The van der Waals surface area contributed by atoms with Crippen molar-refractivity contribution < 1.29 is 14.7 Å². The largest absolute Gasteiger partial charge is 0.507 e. The topological polar surface area (TPSA) is 86.3 Å². The summed E-state index contributed by atoms with van der Waals surface area (Å²) in [5, 5.41) is 12.2. The highest BCUT2D eigenvalue weighted by molar-refractivity contribution is 6.46. The molecule has 6 nitrogen and oxygen atoms in total. The van der Waals surface area contributed by atoms with Gasteiger partial charge in [-0.15, -0.1) is 0 Å². The molecule has 0 aliphatic carbocycles. The van der Waals surface area contributed by atoms with Crippen LogP contribution in [0.2, 0.25) is 0 Å². The fourth-order valence-corrected chi connectivity index (χ4v) is 4.55. The second kappa shape index (κ2) is 8.63. The number of carbonyl (C=O) groups excluding carboxylic acids is 2.